The molecule has 8 nitrogen and oxygen atoms in total. The van der Waals surface area contributed by atoms with Crippen LogP contribution in [0.15, 0.2) is 36.5 Å². The molecule has 1 saturated carbocycles. The number of para-hydroxylation sites is 1. The van der Waals surface area contributed by atoms with Crippen LogP contribution in [0.25, 0.3) is 0 Å². The number of hydrogen-bond acceptors (Lipinski definition) is 5. The van der Waals surface area contributed by atoms with Gasteiger partial charge in [0.1, 0.15) is 5.75 Å². The quantitative estimate of drug-likeness (QED) is 0.789. The lowest BCUT2D eigenvalue weighted by Gasteiger charge is -2.33. The first-order chi connectivity index (χ1) is 14.6. The second-order valence-electron chi connectivity index (χ2n) is 8.17. The van der Waals surface area contributed by atoms with Gasteiger partial charge in [-0.25, -0.2) is 4.68 Å². The minimum atomic E-state index is -0.527. The summed E-state index contributed by atoms with van der Waals surface area (Å²) < 4.78 is 7.53. The van der Waals surface area contributed by atoms with Gasteiger partial charge in [-0.1, -0.05) is 36.3 Å². The second kappa shape index (κ2) is 9.28. The number of nitrogens with zero attached hydrogens (tertiary/aromatic N) is 4. The van der Waals surface area contributed by atoms with Crippen LogP contribution in [0.5, 0.6) is 5.75 Å². The van der Waals surface area contributed by atoms with Crippen LogP contribution >= 0.6 is 0 Å². The molecule has 160 valence electrons. The van der Waals surface area contributed by atoms with Gasteiger partial charge in [0.05, 0.1) is 12.2 Å². The maximum Gasteiger partial charge on any atom is 0.273 e. The van der Waals surface area contributed by atoms with Gasteiger partial charge in [-0.15, -0.1) is 5.10 Å². The Morgan fingerprint density at radius 1 is 1.10 bits per heavy atom. The average molecular weight is 412 g/mol. The van der Waals surface area contributed by atoms with E-state index in [2.05, 4.69) is 15.6 Å². The van der Waals surface area contributed by atoms with Gasteiger partial charge >= 0.3 is 0 Å². The lowest BCUT2D eigenvalue weighted by atomic mass is 10.0. The van der Waals surface area contributed by atoms with Gasteiger partial charge in [0.25, 0.3) is 11.8 Å². The smallest absolute Gasteiger partial charge is 0.273 e. The molecule has 0 radical (unpaired) electrons. The highest BCUT2D eigenvalue weighted by Crippen LogP contribution is 2.23. The van der Waals surface area contributed by atoms with Crippen LogP contribution in [0.4, 0.5) is 0 Å². The molecule has 30 heavy (non-hydrogen) atoms. The molecule has 2 aromatic rings. The SMILES string of the molecule is C[C@H](Oc1ccccc1)C(=O)N1CCC(n2cc(C(=O)NC3CCCC3)nn2)CC1. The van der Waals surface area contributed by atoms with Gasteiger partial charge in [-0.2, -0.15) is 0 Å². The van der Waals surface area contributed by atoms with E-state index >= 15 is 0 Å². The third-order valence-electron chi connectivity index (χ3n) is 5.99. The average Bonchev–Trinajstić information content (AvgIpc) is 3.46. The number of ether oxygens (including phenoxy) is 1. The Morgan fingerprint density at radius 2 is 1.80 bits per heavy atom. The zero-order chi connectivity index (χ0) is 20.9. The van der Waals surface area contributed by atoms with E-state index in [0.29, 0.717) is 24.5 Å². The van der Waals surface area contributed by atoms with Crippen molar-refractivity contribution in [2.24, 2.45) is 0 Å². The fraction of sp³-hybridized carbons (Fsp3) is 0.545. The number of carbonyl (C=O) groups is 2. The van der Waals surface area contributed by atoms with Gasteiger partial charge in [0.2, 0.25) is 0 Å². The molecule has 2 fully saturated rings. The molecule has 2 aliphatic rings. The molecular formula is C22H29N5O3. The van der Waals surface area contributed by atoms with E-state index in [0.717, 1.165) is 25.7 Å². The van der Waals surface area contributed by atoms with Gasteiger partial charge in [0.15, 0.2) is 11.8 Å². The van der Waals surface area contributed by atoms with Gasteiger partial charge < -0.3 is 15.0 Å². The Kier molecular flexibility index (Phi) is 6.30. The number of piperidine rings is 1. The molecule has 1 aliphatic heterocycles. The van der Waals surface area contributed by atoms with Crippen molar-refractivity contribution in [3.05, 3.63) is 42.2 Å². The molecule has 4 rings (SSSR count). The van der Waals surface area contributed by atoms with Gasteiger partial charge in [-0.05, 0) is 44.7 Å². The number of benzene rings is 1. The molecule has 2 amide bonds. The Hall–Kier alpha value is -2.90. The minimum Gasteiger partial charge on any atom is -0.481 e. The number of aromatic nitrogens is 3. The predicted molar refractivity (Wildman–Crippen MR) is 111 cm³/mol. The third-order valence-corrected chi connectivity index (χ3v) is 5.99. The number of likely N-dealkylation sites (tertiary alicyclic amines) is 1. The van der Waals surface area contributed by atoms with Crippen molar-refractivity contribution in [3.63, 3.8) is 0 Å². The fourth-order valence-corrected chi connectivity index (χ4v) is 4.25. The van der Waals surface area contributed by atoms with Gasteiger partial charge in [0, 0.05) is 19.1 Å². The number of amides is 2. The van der Waals surface area contributed by atoms with Crippen molar-refractivity contribution in [1.82, 2.24) is 25.2 Å². The van der Waals surface area contributed by atoms with Crippen LogP contribution in [0.1, 0.15) is 62.0 Å². The summed E-state index contributed by atoms with van der Waals surface area (Å²) in [5.74, 6) is 0.541. The number of hydrogen-bond donors (Lipinski definition) is 1. The van der Waals surface area contributed by atoms with E-state index in [1.54, 1.807) is 17.8 Å². The summed E-state index contributed by atoms with van der Waals surface area (Å²) in [6.07, 6.45) is 7.17. The van der Waals surface area contributed by atoms with Crippen LogP contribution in [0.2, 0.25) is 0 Å². The first-order valence-corrected chi connectivity index (χ1v) is 10.8. The molecule has 1 atom stereocenters. The molecule has 2 heterocycles. The Labute approximate surface area is 176 Å². The third kappa shape index (κ3) is 4.80. The Bertz CT molecular complexity index is 855. The van der Waals surface area contributed by atoms with Crippen LogP contribution < -0.4 is 10.1 Å². The summed E-state index contributed by atoms with van der Waals surface area (Å²) in [7, 11) is 0. The monoisotopic (exact) mass is 411 g/mol. The topological polar surface area (TPSA) is 89.4 Å². The van der Waals surface area contributed by atoms with E-state index in [4.69, 9.17) is 4.74 Å². The summed E-state index contributed by atoms with van der Waals surface area (Å²) in [5.41, 5.74) is 0.366. The van der Waals surface area contributed by atoms with Crippen LogP contribution in [0.3, 0.4) is 0 Å². The molecule has 1 aromatic carbocycles. The largest absolute Gasteiger partial charge is 0.481 e. The highest BCUT2D eigenvalue weighted by atomic mass is 16.5. The van der Waals surface area contributed by atoms with E-state index < -0.39 is 6.10 Å². The van der Waals surface area contributed by atoms with Crippen molar-refractivity contribution in [1.29, 1.82) is 0 Å². The highest BCUT2D eigenvalue weighted by molar-refractivity contribution is 5.92. The van der Waals surface area contributed by atoms with Gasteiger partial charge in [-0.3, -0.25) is 9.59 Å². The summed E-state index contributed by atoms with van der Waals surface area (Å²) >= 11 is 0. The first kappa shape index (κ1) is 20.4. The van der Waals surface area contributed by atoms with Crippen LogP contribution in [-0.2, 0) is 4.79 Å². The molecule has 1 N–H and O–H groups in total. The standard InChI is InChI=1S/C22H29N5O3/c1-16(30-19-9-3-2-4-10-19)22(29)26-13-11-18(12-14-26)27-15-20(24-25-27)21(28)23-17-7-5-6-8-17/h2-4,9-10,15-18H,5-8,11-14H2,1H3,(H,23,28)/t16-/m0/s1. The molecule has 0 spiro atoms. The maximum atomic E-state index is 12.7. The zero-order valence-electron chi connectivity index (χ0n) is 17.4. The van der Waals surface area contributed by atoms with Crippen molar-refractivity contribution in [3.8, 4) is 5.75 Å². The van der Waals surface area contributed by atoms with E-state index in [1.165, 1.54) is 12.8 Å². The van der Waals surface area contributed by atoms with Crippen molar-refractivity contribution >= 4 is 11.8 Å². The molecule has 0 bridgehead atoms. The maximum absolute atomic E-state index is 12.7. The first-order valence-electron chi connectivity index (χ1n) is 10.8. The Balaban J connectivity index is 1.27. The Morgan fingerprint density at radius 3 is 2.50 bits per heavy atom. The molecule has 1 aromatic heterocycles. The van der Waals surface area contributed by atoms with Crippen molar-refractivity contribution in [2.45, 2.75) is 63.6 Å². The highest BCUT2D eigenvalue weighted by Gasteiger charge is 2.29. The summed E-state index contributed by atoms with van der Waals surface area (Å²) in [5, 5.41) is 11.3. The van der Waals surface area contributed by atoms with Crippen LogP contribution in [-0.4, -0.2) is 56.9 Å². The summed E-state index contributed by atoms with van der Waals surface area (Å²) in [6, 6.07) is 9.79. The normalized spacial score (nSPS) is 18.9. The van der Waals surface area contributed by atoms with Crippen LogP contribution in [0, 0.1) is 0 Å². The molecular weight excluding hydrogens is 382 g/mol. The zero-order valence-corrected chi connectivity index (χ0v) is 17.4. The number of rotatable bonds is 6. The van der Waals surface area contributed by atoms with E-state index in [9.17, 15) is 9.59 Å². The van der Waals surface area contributed by atoms with Crippen molar-refractivity contribution in [2.75, 3.05) is 13.1 Å². The summed E-state index contributed by atoms with van der Waals surface area (Å²) in [6.45, 7) is 3.05. The number of nitrogens with one attached hydrogen (secondary N) is 1. The lowest BCUT2D eigenvalue weighted by Crippen LogP contribution is -2.45. The van der Waals surface area contributed by atoms with Crippen molar-refractivity contribution < 1.29 is 14.3 Å². The molecule has 0 unspecified atom stereocenters. The molecule has 8 heteroatoms. The lowest BCUT2D eigenvalue weighted by molar-refractivity contribution is -0.139. The number of carbonyl (C=O) groups excluding carboxylic acids is 2. The predicted octanol–water partition coefficient (Wildman–Crippen LogP) is 2.58. The fourth-order valence-electron chi connectivity index (χ4n) is 4.25. The molecule has 1 saturated heterocycles. The molecule has 1 aliphatic carbocycles. The second-order valence-corrected chi connectivity index (χ2v) is 8.17. The van der Waals surface area contributed by atoms with E-state index in [1.807, 2.05) is 35.2 Å². The minimum absolute atomic E-state index is 0.00692. The van der Waals surface area contributed by atoms with E-state index in [-0.39, 0.29) is 23.9 Å². The summed E-state index contributed by atoms with van der Waals surface area (Å²) in [4.78, 5) is 26.9.